The molecule has 4 nitrogen and oxygen atoms in total. The van der Waals surface area contributed by atoms with Crippen LogP contribution in [0.2, 0.25) is 0 Å². The Labute approximate surface area is 64.9 Å². The average Bonchev–Trinajstić information content (AvgIpc) is 2.50. The van der Waals surface area contributed by atoms with Crippen molar-refractivity contribution in [2.75, 3.05) is 13.7 Å². The highest BCUT2D eigenvalue weighted by molar-refractivity contribution is 5.79. The largest absolute Gasteiger partial charge is 0.469 e. The molecule has 0 amide bonds. The van der Waals surface area contributed by atoms with Crippen LogP contribution in [0.3, 0.4) is 0 Å². The summed E-state index contributed by atoms with van der Waals surface area (Å²) in [6, 6.07) is -0.470. The highest BCUT2D eigenvalue weighted by Crippen LogP contribution is 2.14. The number of ether oxygens (including phenoxy) is 1. The second kappa shape index (κ2) is 3.48. The van der Waals surface area contributed by atoms with E-state index >= 15 is 0 Å². The molecular formula is C7H10NO3. The molecular weight excluding hydrogens is 146 g/mol. The summed E-state index contributed by atoms with van der Waals surface area (Å²) in [4.78, 5) is 21.2. The zero-order chi connectivity index (χ0) is 8.27. The molecule has 1 aliphatic heterocycles. The molecule has 1 unspecified atom stereocenters. The molecule has 1 heterocycles. The molecule has 1 aliphatic rings. The van der Waals surface area contributed by atoms with Crippen LogP contribution >= 0.6 is 0 Å². The van der Waals surface area contributed by atoms with E-state index in [9.17, 15) is 9.59 Å². The summed E-state index contributed by atoms with van der Waals surface area (Å²) in [7, 11) is 1.32. The van der Waals surface area contributed by atoms with Crippen LogP contribution < -0.4 is 5.32 Å². The standard InChI is InChI=1S/C7H10NO3/c1-11-7(10)5-2-3-8-6(5)4-9/h5-6,8H,2-3H2,1H3/t5?,6-/m1/s1. The van der Waals surface area contributed by atoms with Crippen LogP contribution in [0.5, 0.6) is 0 Å². The first kappa shape index (κ1) is 8.20. The Hall–Kier alpha value is -0.900. The smallest absolute Gasteiger partial charge is 0.310 e. The maximum atomic E-state index is 10.9. The third-order valence-electron chi connectivity index (χ3n) is 1.85. The van der Waals surface area contributed by atoms with Crippen LogP contribution in [-0.4, -0.2) is 32.0 Å². The van der Waals surface area contributed by atoms with E-state index in [1.54, 1.807) is 6.29 Å². The lowest BCUT2D eigenvalue weighted by Gasteiger charge is -2.09. The van der Waals surface area contributed by atoms with Gasteiger partial charge in [0, 0.05) is 0 Å². The number of esters is 1. The molecule has 0 saturated carbocycles. The van der Waals surface area contributed by atoms with Crippen molar-refractivity contribution in [3.8, 4) is 0 Å². The molecule has 0 aliphatic carbocycles. The van der Waals surface area contributed by atoms with E-state index in [4.69, 9.17) is 0 Å². The van der Waals surface area contributed by atoms with Crippen molar-refractivity contribution in [2.24, 2.45) is 5.92 Å². The quantitative estimate of drug-likeness (QED) is 0.534. The van der Waals surface area contributed by atoms with Crippen molar-refractivity contribution in [1.82, 2.24) is 5.32 Å². The van der Waals surface area contributed by atoms with E-state index in [-0.39, 0.29) is 11.9 Å². The van der Waals surface area contributed by atoms with Crippen LogP contribution in [0.1, 0.15) is 6.42 Å². The number of hydrogen-bond acceptors (Lipinski definition) is 4. The number of carbonyl (C=O) groups excluding carboxylic acids is 2. The molecule has 61 valence electrons. The topological polar surface area (TPSA) is 55.4 Å². The van der Waals surface area contributed by atoms with Gasteiger partial charge in [-0.15, -0.1) is 0 Å². The normalized spacial score (nSPS) is 29.9. The van der Waals surface area contributed by atoms with Gasteiger partial charge in [0.25, 0.3) is 0 Å². The summed E-state index contributed by atoms with van der Waals surface area (Å²) in [5.74, 6) is -0.666. The van der Waals surface area contributed by atoms with E-state index in [1.807, 2.05) is 0 Å². The molecule has 0 spiro atoms. The Bertz CT molecular complexity index is 169. The van der Waals surface area contributed by atoms with Crippen LogP contribution in [0.4, 0.5) is 0 Å². The van der Waals surface area contributed by atoms with E-state index < -0.39 is 6.04 Å². The molecule has 0 aromatic rings. The Morgan fingerprint density at radius 2 is 2.45 bits per heavy atom. The Morgan fingerprint density at radius 3 is 3.00 bits per heavy atom. The van der Waals surface area contributed by atoms with Gasteiger partial charge in [0.1, 0.15) is 0 Å². The Morgan fingerprint density at radius 1 is 1.73 bits per heavy atom. The lowest BCUT2D eigenvalue weighted by atomic mass is 10.0. The minimum atomic E-state index is -0.470. The lowest BCUT2D eigenvalue weighted by Crippen LogP contribution is -2.33. The fourth-order valence-electron chi connectivity index (χ4n) is 1.23. The molecule has 0 aromatic heterocycles. The van der Waals surface area contributed by atoms with Gasteiger partial charge >= 0.3 is 5.97 Å². The highest BCUT2D eigenvalue weighted by Gasteiger charge is 2.33. The molecule has 1 fully saturated rings. The van der Waals surface area contributed by atoms with Gasteiger partial charge in [-0.05, 0) is 13.0 Å². The van der Waals surface area contributed by atoms with Crippen molar-refractivity contribution in [3.63, 3.8) is 0 Å². The third kappa shape index (κ3) is 1.57. The monoisotopic (exact) mass is 156 g/mol. The predicted octanol–water partition coefficient (Wildman–Crippen LogP) is -0.753. The van der Waals surface area contributed by atoms with E-state index in [0.717, 1.165) is 0 Å². The summed E-state index contributed by atoms with van der Waals surface area (Å²) in [6.45, 7) is 0.680. The summed E-state index contributed by atoms with van der Waals surface area (Å²) in [5, 5.41) is 2.85. The first-order chi connectivity index (χ1) is 5.29. The van der Waals surface area contributed by atoms with Crippen molar-refractivity contribution in [2.45, 2.75) is 12.5 Å². The lowest BCUT2D eigenvalue weighted by molar-refractivity contribution is -0.145. The minimum absolute atomic E-state index is 0.330. The highest BCUT2D eigenvalue weighted by atomic mass is 16.5. The number of nitrogens with one attached hydrogen (secondary N) is 1. The van der Waals surface area contributed by atoms with Crippen LogP contribution in [0.15, 0.2) is 0 Å². The van der Waals surface area contributed by atoms with Crippen LogP contribution in [-0.2, 0) is 14.3 Å². The van der Waals surface area contributed by atoms with Crippen molar-refractivity contribution >= 4 is 12.3 Å². The first-order valence-electron chi connectivity index (χ1n) is 3.48. The fourth-order valence-corrected chi connectivity index (χ4v) is 1.23. The summed E-state index contributed by atoms with van der Waals surface area (Å²) >= 11 is 0. The van der Waals surface area contributed by atoms with Crippen molar-refractivity contribution < 1.29 is 14.3 Å². The number of methoxy groups -OCH3 is 1. The fraction of sp³-hybridized carbons (Fsp3) is 0.714. The van der Waals surface area contributed by atoms with Crippen LogP contribution in [0, 0.1) is 5.92 Å². The second-order valence-electron chi connectivity index (χ2n) is 2.47. The molecule has 1 N–H and O–H groups in total. The van der Waals surface area contributed by atoms with Gasteiger partial charge in [0.2, 0.25) is 6.29 Å². The molecule has 0 bridgehead atoms. The molecule has 0 aromatic carbocycles. The zero-order valence-electron chi connectivity index (χ0n) is 6.29. The third-order valence-corrected chi connectivity index (χ3v) is 1.85. The van der Waals surface area contributed by atoms with Gasteiger partial charge in [-0.3, -0.25) is 9.59 Å². The summed E-state index contributed by atoms with van der Waals surface area (Å²) in [5.41, 5.74) is 0. The molecule has 4 heteroatoms. The Balaban J connectivity index is 2.56. The number of carbonyl (C=O) groups is 1. The second-order valence-corrected chi connectivity index (χ2v) is 2.47. The van der Waals surface area contributed by atoms with E-state index in [1.165, 1.54) is 7.11 Å². The zero-order valence-corrected chi connectivity index (χ0v) is 6.29. The SMILES string of the molecule is COC(=O)C1CCN[C@@H]1[C]=O. The van der Waals surface area contributed by atoms with Gasteiger partial charge in [0.05, 0.1) is 19.1 Å². The van der Waals surface area contributed by atoms with Crippen molar-refractivity contribution in [3.05, 3.63) is 0 Å². The number of rotatable bonds is 2. The summed E-state index contributed by atoms with van der Waals surface area (Å²) in [6.07, 6.45) is 2.43. The molecule has 1 radical (unpaired) electrons. The maximum Gasteiger partial charge on any atom is 0.310 e. The van der Waals surface area contributed by atoms with Gasteiger partial charge in [0.15, 0.2) is 0 Å². The van der Waals surface area contributed by atoms with Crippen LogP contribution in [0.25, 0.3) is 0 Å². The van der Waals surface area contributed by atoms with Gasteiger partial charge in [-0.2, -0.15) is 0 Å². The average molecular weight is 156 g/mol. The van der Waals surface area contributed by atoms with E-state index in [0.29, 0.717) is 13.0 Å². The predicted molar refractivity (Wildman–Crippen MR) is 37.6 cm³/mol. The molecule has 2 atom stereocenters. The van der Waals surface area contributed by atoms with Crippen molar-refractivity contribution in [1.29, 1.82) is 0 Å². The molecule has 1 rings (SSSR count). The minimum Gasteiger partial charge on any atom is -0.469 e. The molecule has 1 saturated heterocycles. The number of hydrogen-bond donors (Lipinski definition) is 1. The van der Waals surface area contributed by atoms with E-state index in [2.05, 4.69) is 10.1 Å². The van der Waals surface area contributed by atoms with Gasteiger partial charge in [-0.25, -0.2) is 0 Å². The maximum absolute atomic E-state index is 10.9. The van der Waals surface area contributed by atoms with Gasteiger partial charge in [-0.1, -0.05) is 0 Å². The Kier molecular flexibility index (Phi) is 2.59. The van der Waals surface area contributed by atoms with Gasteiger partial charge < -0.3 is 10.1 Å². The first-order valence-corrected chi connectivity index (χ1v) is 3.48. The molecule has 11 heavy (non-hydrogen) atoms. The summed E-state index contributed by atoms with van der Waals surface area (Å²) < 4.78 is 4.51.